The van der Waals surface area contributed by atoms with Crippen LogP contribution in [0.4, 0.5) is 0 Å². The fourth-order valence-electron chi connectivity index (χ4n) is 2.41. The molecule has 0 heterocycles. The van der Waals surface area contributed by atoms with Crippen LogP contribution in [0.1, 0.15) is 37.4 Å². The van der Waals surface area contributed by atoms with E-state index in [2.05, 4.69) is 55.6 Å². The molecule has 2 aromatic rings. The summed E-state index contributed by atoms with van der Waals surface area (Å²) in [7, 11) is 0. The van der Waals surface area contributed by atoms with Crippen molar-refractivity contribution in [3.63, 3.8) is 0 Å². The van der Waals surface area contributed by atoms with Crippen LogP contribution in [-0.2, 0) is 6.42 Å². The first-order valence-corrected chi connectivity index (χ1v) is 7.58. The van der Waals surface area contributed by atoms with Gasteiger partial charge in [0, 0.05) is 17.1 Å². The van der Waals surface area contributed by atoms with Crippen LogP contribution in [0, 0.1) is 0 Å². The van der Waals surface area contributed by atoms with Crippen LogP contribution >= 0.6 is 11.6 Å². The molecule has 20 heavy (non-hydrogen) atoms. The van der Waals surface area contributed by atoms with Gasteiger partial charge in [0.1, 0.15) is 0 Å². The van der Waals surface area contributed by atoms with Crippen molar-refractivity contribution in [2.24, 2.45) is 0 Å². The number of aryl methyl sites for hydroxylation is 1. The van der Waals surface area contributed by atoms with E-state index in [1.807, 2.05) is 18.2 Å². The predicted octanol–water partition coefficient (Wildman–Crippen LogP) is 5.01. The molecule has 2 atom stereocenters. The van der Waals surface area contributed by atoms with Crippen LogP contribution in [0.15, 0.2) is 54.6 Å². The Labute approximate surface area is 127 Å². The van der Waals surface area contributed by atoms with E-state index in [-0.39, 0.29) is 0 Å². The molecule has 0 saturated heterocycles. The highest BCUT2D eigenvalue weighted by molar-refractivity contribution is 6.30. The molecule has 0 aliphatic carbocycles. The summed E-state index contributed by atoms with van der Waals surface area (Å²) in [5, 5.41) is 4.43. The van der Waals surface area contributed by atoms with E-state index in [0.29, 0.717) is 12.1 Å². The molecular formula is C18H22ClN. The molecule has 2 heteroatoms. The van der Waals surface area contributed by atoms with Gasteiger partial charge < -0.3 is 5.32 Å². The van der Waals surface area contributed by atoms with Crippen molar-refractivity contribution in [2.45, 2.75) is 38.8 Å². The number of benzene rings is 2. The standard InChI is InChI=1S/C18H22ClN/c1-14(11-12-16-7-4-3-5-8-16)20-15(2)17-9-6-10-18(19)13-17/h3-10,13-15,20H,11-12H2,1-2H3. The molecular weight excluding hydrogens is 266 g/mol. The zero-order valence-electron chi connectivity index (χ0n) is 12.1. The molecule has 106 valence electrons. The molecule has 2 unspecified atom stereocenters. The molecule has 2 aromatic carbocycles. The molecule has 0 aliphatic heterocycles. The monoisotopic (exact) mass is 287 g/mol. The lowest BCUT2D eigenvalue weighted by atomic mass is 10.0. The summed E-state index contributed by atoms with van der Waals surface area (Å²) < 4.78 is 0. The van der Waals surface area contributed by atoms with Gasteiger partial charge in [-0.25, -0.2) is 0 Å². The third-order valence-corrected chi connectivity index (χ3v) is 3.83. The molecule has 2 rings (SSSR count). The average Bonchev–Trinajstić information content (AvgIpc) is 2.46. The second-order valence-electron chi connectivity index (χ2n) is 5.37. The largest absolute Gasteiger partial charge is 0.308 e. The zero-order valence-corrected chi connectivity index (χ0v) is 12.9. The molecule has 0 aliphatic rings. The highest BCUT2D eigenvalue weighted by Crippen LogP contribution is 2.18. The van der Waals surface area contributed by atoms with Crippen molar-refractivity contribution in [3.8, 4) is 0 Å². The lowest BCUT2D eigenvalue weighted by Crippen LogP contribution is -2.29. The predicted molar refractivity (Wildman–Crippen MR) is 87.2 cm³/mol. The summed E-state index contributed by atoms with van der Waals surface area (Å²) in [6, 6.07) is 19.5. The van der Waals surface area contributed by atoms with E-state index in [9.17, 15) is 0 Å². The summed E-state index contributed by atoms with van der Waals surface area (Å²) in [6.07, 6.45) is 2.24. The lowest BCUT2D eigenvalue weighted by molar-refractivity contribution is 0.456. The average molecular weight is 288 g/mol. The van der Waals surface area contributed by atoms with E-state index in [1.165, 1.54) is 11.1 Å². The molecule has 0 fully saturated rings. The van der Waals surface area contributed by atoms with Crippen LogP contribution in [0.2, 0.25) is 5.02 Å². The molecule has 0 aromatic heterocycles. The van der Waals surface area contributed by atoms with Crippen LogP contribution in [0.25, 0.3) is 0 Å². The van der Waals surface area contributed by atoms with Gasteiger partial charge in [0.2, 0.25) is 0 Å². The number of hydrogen-bond acceptors (Lipinski definition) is 1. The van der Waals surface area contributed by atoms with Crippen molar-refractivity contribution in [3.05, 3.63) is 70.7 Å². The maximum Gasteiger partial charge on any atom is 0.0409 e. The summed E-state index contributed by atoms with van der Waals surface area (Å²) >= 11 is 6.04. The molecule has 0 saturated carbocycles. The number of rotatable bonds is 6. The summed E-state index contributed by atoms with van der Waals surface area (Å²) in [6.45, 7) is 4.43. The molecule has 0 radical (unpaired) electrons. The number of hydrogen-bond donors (Lipinski definition) is 1. The Morgan fingerprint density at radius 1 is 1.00 bits per heavy atom. The third kappa shape index (κ3) is 4.66. The van der Waals surface area contributed by atoms with Crippen LogP contribution < -0.4 is 5.32 Å². The van der Waals surface area contributed by atoms with Crippen molar-refractivity contribution < 1.29 is 0 Å². The highest BCUT2D eigenvalue weighted by atomic mass is 35.5. The van der Waals surface area contributed by atoms with Crippen molar-refractivity contribution in [1.82, 2.24) is 5.32 Å². The fourth-order valence-corrected chi connectivity index (χ4v) is 2.61. The molecule has 0 spiro atoms. The van der Waals surface area contributed by atoms with Gasteiger partial charge in [0.25, 0.3) is 0 Å². The Morgan fingerprint density at radius 2 is 1.75 bits per heavy atom. The van der Waals surface area contributed by atoms with Gasteiger partial charge in [0.15, 0.2) is 0 Å². The molecule has 1 N–H and O–H groups in total. The minimum absolute atomic E-state index is 0.319. The minimum Gasteiger partial charge on any atom is -0.308 e. The third-order valence-electron chi connectivity index (χ3n) is 3.59. The molecule has 0 amide bonds. The Hall–Kier alpha value is -1.31. The second-order valence-corrected chi connectivity index (χ2v) is 5.81. The topological polar surface area (TPSA) is 12.0 Å². The summed E-state index contributed by atoms with van der Waals surface area (Å²) in [5.41, 5.74) is 2.64. The van der Waals surface area contributed by atoms with Gasteiger partial charge in [0.05, 0.1) is 0 Å². The maximum absolute atomic E-state index is 6.04. The van der Waals surface area contributed by atoms with E-state index in [0.717, 1.165) is 17.9 Å². The van der Waals surface area contributed by atoms with E-state index in [4.69, 9.17) is 11.6 Å². The summed E-state index contributed by atoms with van der Waals surface area (Å²) in [4.78, 5) is 0. The van der Waals surface area contributed by atoms with Crippen molar-refractivity contribution in [2.75, 3.05) is 0 Å². The second kappa shape index (κ2) is 7.47. The molecule has 0 bridgehead atoms. The Balaban J connectivity index is 1.83. The first kappa shape index (κ1) is 15.1. The normalized spacial score (nSPS) is 13.9. The van der Waals surface area contributed by atoms with Gasteiger partial charge in [-0.1, -0.05) is 54.1 Å². The number of halogens is 1. The summed E-state index contributed by atoms with van der Waals surface area (Å²) in [5.74, 6) is 0. The van der Waals surface area contributed by atoms with Crippen LogP contribution in [-0.4, -0.2) is 6.04 Å². The first-order valence-electron chi connectivity index (χ1n) is 7.20. The van der Waals surface area contributed by atoms with Gasteiger partial charge >= 0.3 is 0 Å². The fraction of sp³-hybridized carbons (Fsp3) is 0.333. The van der Waals surface area contributed by atoms with Crippen molar-refractivity contribution in [1.29, 1.82) is 0 Å². The Kier molecular flexibility index (Phi) is 5.63. The SMILES string of the molecule is CC(CCc1ccccc1)NC(C)c1cccc(Cl)c1. The smallest absolute Gasteiger partial charge is 0.0409 e. The van der Waals surface area contributed by atoms with E-state index >= 15 is 0 Å². The van der Waals surface area contributed by atoms with Crippen LogP contribution in [0.5, 0.6) is 0 Å². The van der Waals surface area contributed by atoms with Crippen LogP contribution in [0.3, 0.4) is 0 Å². The van der Waals surface area contributed by atoms with Gasteiger partial charge in [-0.2, -0.15) is 0 Å². The number of nitrogens with one attached hydrogen (secondary N) is 1. The lowest BCUT2D eigenvalue weighted by Gasteiger charge is -2.20. The van der Waals surface area contributed by atoms with Crippen molar-refractivity contribution >= 4 is 11.6 Å². The molecule has 1 nitrogen and oxygen atoms in total. The quantitative estimate of drug-likeness (QED) is 0.787. The highest BCUT2D eigenvalue weighted by Gasteiger charge is 2.09. The van der Waals surface area contributed by atoms with E-state index < -0.39 is 0 Å². The van der Waals surface area contributed by atoms with E-state index in [1.54, 1.807) is 0 Å². The van der Waals surface area contributed by atoms with Gasteiger partial charge in [-0.05, 0) is 49.9 Å². The zero-order chi connectivity index (χ0) is 14.4. The maximum atomic E-state index is 6.04. The van der Waals surface area contributed by atoms with Gasteiger partial charge in [-0.15, -0.1) is 0 Å². The first-order chi connectivity index (χ1) is 9.65. The minimum atomic E-state index is 0.319. The van der Waals surface area contributed by atoms with Gasteiger partial charge in [-0.3, -0.25) is 0 Å². The Morgan fingerprint density at radius 3 is 2.45 bits per heavy atom. The Bertz CT molecular complexity index is 524.